The average molecular weight is 347 g/mol. The second kappa shape index (κ2) is 8.73. The summed E-state index contributed by atoms with van der Waals surface area (Å²) in [5, 5.41) is 9.35. The van der Waals surface area contributed by atoms with Gasteiger partial charge in [-0.1, -0.05) is 47.0 Å². The number of esters is 1. The summed E-state index contributed by atoms with van der Waals surface area (Å²) in [5.74, 6) is 1.33. The average Bonchev–Trinajstić information content (AvgIpc) is 2.54. The number of carbonyl (C=O) groups is 1. The summed E-state index contributed by atoms with van der Waals surface area (Å²) in [6.07, 6.45) is 7.92. The predicted molar refractivity (Wildman–Crippen MR) is 102 cm³/mol. The van der Waals surface area contributed by atoms with Gasteiger partial charge in [-0.2, -0.15) is 0 Å². The van der Waals surface area contributed by atoms with Crippen LogP contribution in [0.3, 0.4) is 0 Å². The van der Waals surface area contributed by atoms with E-state index in [1.54, 1.807) is 12.1 Å². The molecule has 1 saturated carbocycles. The van der Waals surface area contributed by atoms with E-state index in [1.165, 1.54) is 31.4 Å². The van der Waals surface area contributed by atoms with Crippen LogP contribution in [-0.4, -0.2) is 17.2 Å². The van der Waals surface area contributed by atoms with Crippen molar-refractivity contribution in [2.24, 2.45) is 17.3 Å². The number of phenols is 1. The number of carbonyl (C=O) groups excluding carboxylic acids is 1. The van der Waals surface area contributed by atoms with Gasteiger partial charge in [-0.3, -0.25) is 0 Å². The van der Waals surface area contributed by atoms with Crippen molar-refractivity contribution in [3.63, 3.8) is 0 Å². The topological polar surface area (TPSA) is 46.5 Å². The van der Waals surface area contributed by atoms with Crippen LogP contribution in [0.5, 0.6) is 5.75 Å². The Morgan fingerprint density at radius 1 is 1.28 bits per heavy atom. The highest BCUT2D eigenvalue weighted by atomic mass is 16.5. The van der Waals surface area contributed by atoms with Crippen molar-refractivity contribution in [2.75, 3.05) is 0 Å². The zero-order valence-corrected chi connectivity index (χ0v) is 16.3. The van der Waals surface area contributed by atoms with Crippen LogP contribution in [-0.2, 0) is 4.74 Å². The molecule has 1 unspecified atom stereocenters. The number of ether oxygens (including phenoxy) is 1. The monoisotopic (exact) mass is 346 g/mol. The molecule has 0 radical (unpaired) electrons. The van der Waals surface area contributed by atoms with Crippen LogP contribution in [0.2, 0.25) is 0 Å². The van der Waals surface area contributed by atoms with E-state index in [9.17, 15) is 9.90 Å². The molecule has 0 aromatic heterocycles. The van der Waals surface area contributed by atoms with Crippen LogP contribution >= 0.6 is 0 Å². The van der Waals surface area contributed by atoms with E-state index in [4.69, 9.17) is 4.74 Å². The summed E-state index contributed by atoms with van der Waals surface area (Å²) in [7, 11) is 0. The molecule has 1 fully saturated rings. The van der Waals surface area contributed by atoms with Crippen LogP contribution in [0, 0.1) is 17.3 Å². The SMILES string of the molecule is CCCC(CC[C@@H]1[C@@H](C)CCCC1(C)C)OC(=O)c1ccc(O)cc1. The Balaban J connectivity index is 1.95. The highest BCUT2D eigenvalue weighted by molar-refractivity contribution is 5.89. The van der Waals surface area contributed by atoms with E-state index in [-0.39, 0.29) is 17.8 Å². The predicted octanol–water partition coefficient (Wildman–Crippen LogP) is 5.96. The van der Waals surface area contributed by atoms with Crippen LogP contribution in [0.15, 0.2) is 24.3 Å². The minimum Gasteiger partial charge on any atom is -0.508 e. The fraction of sp³-hybridized carbons (Fsp3) is 0.682. The molecule has 25 heavy (non-hydrogen) atoms. The van der Waals surface area contributed by atoms with E-state index in [0.29, 0.717) is 16.9 Å². The summed E-state index contributed by atoms with van der Waals surface area (Å²) in [6, 6.07) is 6.29. The molecule has 0 heterocycles. The molecule has 1 aromatic carbocycles. The van der Waals surface area contributed by atoms with E-state index >= 15 is 0 Å². The maximum absolute atomic E-state index is 12.4. The third-order valence-electron chi connectivity index (χ3n) is 5.96. The quantitative estimate of drug-likeness (QED) is 0.620. The van der Waals surface area contributed by atoms with Gasteiger partial charge in [-0.25, -0.2) is 4.79 Å². The third kappa shape index (κ3) is 5.49. The fourth-order valence-corrected chi connectivity index (χ4v) is 4.48. The molecule has 3 nitrogen and oxygen atoms in total. The Hall–Kier alpha value is -1.51. The van der Waals surface area contributed by atoms with Gasteiger partial charge >= 0.3 is 5.97 Å². The molecule has 0 aliphatic heterocycles. The van der Waals surface area contributed by atoms with Crippen LogP contribution < -0.4 is 0 Å². The highest BCUT2D eigenvalue weighted by Crippen LogP contribution is 2.46. The van der Waals surface area contributed by atoms with Gasteiger partial charge in [0.1, 0.15) is 11.9 Å². The molecule has 1 aliphatic carbocycles. The second-order valence-corrected chi connectivity index (χ2v) is 8.40. The molecular formula is C22H34O3. The van der Waals surface area contributed by atoms with E-state index in [2.05, 4.69) is 27.7 Å². The van der Waals surface area contributed by atoms with Crippen molar-refractivity contribution < 1.29 is 14.6 Å². The summed E-state index contributed by atoms with van der Waals surface area (Å²) in [4.78, 5) is 12.4. The zero-order valence-electron chi connectivity index (χ0n) is 16.3. The number of benzene rings is 1. The lowest BCUT2D eigenvalue weighted by atomic mass is 9.62. The first-order valence-electron chi connectivity index (χ1n) is 9.83. The van der Waals surface area contributed by atoms with Gasteiger partial charge in [0.2, 0.25) is 0 Å². The Kier molecular flexibility index (Phi) is 6.92. The maximum atomic E-state index is 12.4. The molecule has 1 aromatic rings. The van der Waals surface area contributed by atoms with Crippen molar-refractivity contribution in [3.8, 4) is 5.75 Å². The molecule has 0 amide bonds. The van der Waals surface area contributed by atoms with Gasteiger partial charge in [0, 0.05) is 0 Å². The summed E-state index contributed by atoms with van der Waals surface area (Å²) >= 11 is 0. The molecular weight excluding hydrogens is 312 g/mol. The van der Waals surface area contributed by atoms with E-state index in [0.717, 1.165) is 31.6 Å². The van der Waals surface area contributed by atoms with E-state index < -0.39 is 0 Å². The zero-order chi connectivity index (χ0) is 18.4. The van der Waals surface area contributed by atoms with Gasteiger partial charge in [0.05, 0.1) is 5.56 Å². The van der Waals surface area contributed by atoms with Gasteiger partial charge < -0.3 is 9.84 Å². The lowest BCUT2D eigenvalue weighted by Crippen LogP contribution is -2.34. The van der Waals surface area contributed by atoms with Crippen LogP contribution in [0.1, 0.15) is 83.0 Å². The first-order chi connectivity index (χ1) is 11.8. The molecule has 0 spiro atoms. The number of rotatable bonds is 7. The molecule has 1 aliphatic rings. The third-order valence-corrected chi connectivity index (χ3v) is 5.96. The maximum Gasteiger partial charge on any atom is 0.338 e. The molecule has 2 rings (SSSR count). The lowest BCUT2D eigenvalue weighted by Gasteiger charge is -2.43. The molecule has 0 saturated heterocycles. The Morgan fingerprint density at radius 3 is 2.56 bits per heavy atom. The summed E-state index contributed by atoms with van der Waals surface area (Å²) < 4.78 is 5.79. The van der Waals surface area contributed by atoms with Gasteiger partial charge in [-0.15, -0.1) is 0 Å². The minimum atomic E-state index is -0.283. The standard InChI is InChI=1S/C22H34O3/c1-5-7-19(25-21(24)17-9-11-18(23)12-10-17)13-14-20-16(2)8-6-15-22(20,3)4/h9-12,16,19-20,23H,5-8,13-15H2,1-4H3/t16-,19?,20+/m0/s1. The summed E-state index contributed by atoms with van der Waals surface area (Å²) in [5.41, 5.74) is 0.889. The molecule has 3 heteroatoms. The Labute approximate surface area is 152 Å². The van der Waals surface area contributed by atoms with E-state index in [1.807, 2.05) is 0 Å². The van der Waals surface area contributed by atoms with Crippen molar-refractivity contribution >= 4 is 5.97 Å². The number of aromatic hydroxyl groups is 1. The first kappa shape index (κ1) is 19.8. The smallest absolute Gasteiger partial charge is 0.338 e. The Morgan fingerprint density at radius 2 is 1.96 bits per heavy atom. The van der Waals surface area contributed by atoms with Crippen LogP contribution in [0.25, 0.3) is 0 Å². The molecule has 1 N–H and O–H groups in total. The number of hydrogen-bond donors (Lipinski definition) is 1. The lowest BCUT2D eigenvalue weighted by molar-refractivity contribution is 0.0160. The second-order valence-electron chi connectivity index (χ2n) is 8.40. The first-order valence-corrected chi connectivity index (χ1v) is 9.83. The minimum absolute atomic E-state index is 0.0174. The number of phenolic OH excluding ortho intramolecular Hbond substituents is 1. The fourth-order valence-electron chi connectivity index (χ4n) is 4.48. The van der Waals surface area contributed by atoms with Crippen LogP contribution in [0.4, 0.5) is 0 Å². The normalized spacial score (nSPS) is 23.8. The van der Waals surface area contributed by atoms with Crippen molar-refractivity contribution in [2.45, 2.75) is 78.7 Å². The number of hydrogen-bond acceptors (Lipinski definition) is 3. The van der Waals surface area contributed by atoms with Crippen molar-refractivity contribution in [3.05, 3.63) is 29.8 Å². The van der Waals surface area contributed by atoms with Crippen molar-refractivity contribution in [1.82, 2.24) is 0 Å². The molecule has 0 bridgehead atoms. The molecule has 140 valence electrons. The highest BCUT2D eigenvalue weighted by Gasteiger charge is 2.36. The largest absolute Gasteiger partial charge is 0.508 e. The Bertz CT molecular complexity index is 547. The van der Waals surface area contributed by atoms with Gasteiger partial charge in [0.25, 0.3) is 0 Å². The summed E-state index contributed by atoms with van der Waals surface area (Å²) in [6.45, 7) is 9.30. The molecule has 3 atom stereocenters. The van der Waals surface area contributed by atoms with Gasteiger partial charge in [0.15, 0.2) is 0 Å². The van der Waals surface area contributed by atoms with Crippen molar-refractivity contribution in [1.29, 1.82) is 0 Å². The van der Waals surface area contributed by atoms with Gasteiger partial charge in [-0.05, 0) is 67.2 Å².